The molecular weight excluding hydrogens is 338 g/mol. The fourth-order valence-electron chi connectivity index (χ4n) is 2.37. The second-order valence-electron chi connectivity index (χ2n) is 5.23. The summed E-state index contributed by atoms with van der Waals surface area (Å²) in [6.07, 6.45) is 1.56. The van der Waals surface area contributed by atoms with Gasteiger partial charge in [-0.3, -0.25) is 4.79 Å². The van der Waals surface area contributed by atoms with Crippen LogP contribution in [-0.4, -0.2) is 36.2 Å². The highest BCUT2D eigenvalue weighted by atomic mass is 79.9. The van der Waals surface area contributed by atoms with Crippen molar-refractivity contribution >= 4 is 27.8 Å². The molecule has 0 spiro atoms. The minimum atomic E-state index is -1.02. The molecule has 1 aliphatic rings. The van der Waals surface area contributed by atoms with Crippen molar-refractivity contribution in [3.8, 4) is 0 Å². The van der Waals surface area contributed by atoms with Gasteiger partial charge in [-0.15, -0.1) is 0 Å². The van der Waals surface area contributed by atoms with Crippen molar-refractivity contribution < 1.29 is 19.4 Å². The maximum Gasteiger partial charge on any atom is 0.326 e. The molecule has 1 fully saturated rings. The standard InChI is InChI=1S/C15H18BrNO4/c1-9-4-5-10(7-12(9)16)14(18)17-13(15(19)20)11-3-2-6-21-8-11/h4-5,7,11,13H,2-3,6,8H2,1H3,(H,17,18)(H,19,20). The summed E-state index contributed by atoms with van der Waals surface area (Å²) >= 11 is 3.37. The predicted molar refractivity (Wildman–Crippen MR) is 81.3 cm³/mol. The maximum absolute atomic E-state index is 12.2. The first-order valence-electron chi connectivity index (χ1n) is 6.86. The van der Waals surface area contributed by atoms with E-state index in [1.54, 1.807) is 12.1 Å². The van der Waals surface area contributed by atoms with Crippen molar-refractivity contribution in [1.29, 1.82) is 0 Å². The number of carboxylic acid groups (broad SMARTS) is 1. The first-order valence-corrected chi connectivity index (χ1v) is 7.66. The van der Waals surface area contributed by atoms with Crippen LogP contribution in [0.4, 0.5) is 0 Å². The molecule has 0 aliphatic carbocycles. The fraction of sp³-hybridized carbons (Fsp3) is 0.467. The van der Waals surface area contributed by atoms with E-state index in [4.69, 9.17) is 4.74 Å². The molecular formula is C15H18BrNO4. The van der Waals surface area contributed by atoms with Crippen molar-refractivity contribution in [3.63, 3.8) is 0 Å². The summed E-state index contributed by atoms with van der Waals surface area (Å²) < 4.78 is 6.14. The number of halogens is 1. The molecule has 0 aromatic heterocycles. The van der Waals surface area contributed by atoms with E-state index in [-0.39, 0.29) is 11.8 Å². The van der Waals surface area contributed by atoms with Crippen LogP contribution < -0.4 is 5.32 Å². The van der Waals surface area contributed by atoms with Gasteiger partial charge in [0.05, 0.1) is 6.61 Å². The molecule has 0 bridgehead atoms. The van der Waals surface area contributed by atoms with E-state index < -0.39 is 12.0 Å². The Balaban J connectivity index is 2.10. The van der Waals surface area contributed by atoms with Gasteiger partial charge < -0.3 is 15.2 Å². The maximum atomic E-state index is 12.2. The number of hydrogen-bond acceptors (Lipinski definition) is 3. The molecule has 1 aromatic carbocycles. The molecule has 114 valence electrons. The van der Waals surface area contributed by atoms with E-state index in [9.17, 15) is 14.7 Å². The molecule has 1 saturated heterocycles. The number of hydrogen-bond donors (Lipinski definition) is 2. The lowest BCUT2D eigenvalue weighted by molar-refractivity contribution is -0.142. The van der Waals surface area contributed by atoms with Gasteiger partial charge in [0, 0.05) is 22.6 Å². The summed E-state index contributed by atoms with van der Waals surface area (Å²) in [4.78, 5) is 23.6. The van der Waals surface area contributed by atoms with Gasteiger partial charge in [-0.1, -0.05) is 22.0 Å². The number of rotatable bonds is 4. The van der Waals surface area contributed by atoms with Crippen LogP contribution >= 0.6 is 15.9 Å². The Hall–Kier alpha value is -1.40. The van der Waals surface area contributed by atoms with E-state index >= 15 is 0 Å². The summed E-state index contributed by atoms with van der Waals surface area (Å²) in [5.74, 6) is -1.59. The largest absolute Gasteiger partial charge is 0.480 e. The average molecular weight is 356 g/mol. The van der Waals surface area contributed by atoms with Gasteiger partial charge in [0.15, 0.2) is 0 Å². The normalized spacial score (nSPS) is 19.8. The molecule has 1 aromatic rings. The number of carbonyl (C=O) groups is 2. The van der Waals surface area contributed by atoms with Crippen LogP contribution in [0.3, 0.4) is 0 Å². The van der Waals surface area contributed by atoms with Crippen molar-refractivity contribution in [2.24, 2.45) is 5.92 Å². The Morgan fingerprint density at radius 1 is 1.48 bits per heavy atom. The highest BCUT2D eigenvalue weighted by Crippen LogP contribution is 2.20. The second-order valence-corrected chi connectivity index (χ2v) is 6.08. The van der Waals surface area contributed by atoms with Crippen molar-refractivity contribution in [3.05, 3.63) is 33.8 Å². The molecule has 5 nitrogen and oxygen atoms in total. The van der Waals surface area contributed by atoms with E-state index in [0.29, 0.717) is 18.8 Å². The molecule has 1 heterocycles. The fourth-order valence-corrected chi connectivity index (χ4v) is 2.75. The van der Waals surface area contributed by atoms with E-state index in [1.165, 1.54) is 0 Å². The van der Waals surface area contributed by atoms with Crippen LogP contribution in [0.25, 0.3) is 0 Å². The highest BCUT2D eigenvalue weighted by molar-refractivity contribution is 9.10. The predicted octanol–water partition coefficient (Wildman–Crippen LogP) is 2.37. The molecule has 0 saturated carbocycles. The minimum Gasteiger partial charge on any atom is -0.480 e. The van der Waals surface area contributed by atoms with Crippen LogP contribution in [0.1, 0.15) is 28.8 Å². The molecule has 0 radical (unpaired) electrons. The van der Waals surface area contributed by atoms with Gasteiger partial charge in [0.25, 0.3) is 5.91 Å². The van der Waals surface area contributed by atoms with Crippen molar-refractivity contribution in [1.82, 2.24) is 5.32 Å². The zero-order valence-electron chi connectivity index (χ0n) is 11.8. The van der Waals surface area contributed by atoms with E-state index in [1.807, 2.05) is 13.0 Å². The third-order valence-corrected chi connectivity index (χ3v) is 4.51. The number of carboxylic acids is 1. The van der Waals surface area contributed by atoms with Crippen LogP contribution in [0, 0.1) is 12.8 Å². The number of nitrogens with one attached hydrogen (secondary N) is 1. The number of carbonyl (C=O) groups excluding carboxylic acids is 1. The Labute approximate surface area is 131 Å². The molecule has 2 atom stereocenters. The van der Waals surface area contributed by atoms with Crippen LogP contribution in [0.2, 0.25) is 0 Å². The Morgan fingerprint density at radius 2 is 2.24 bits per heavy atom. The van der Waals surface area contributed by atoms with Gasteiger partial charge in [-0.05, 0) is 37.5 Å². The zero-order valence-corrected chi connectivity index (χ0v) is 13.4. The Bertz CT molecular complexity index is 540. The monoisotopic (exact) mass is 355 g/mol. The molecule has 2 N–H and O–H groups in total. The quantitative estimate of drug-likeness (QED) is 0.869. The Kier molecular flexibility index (Phi) is 5.36. The summed E-state index contributed by atoms with van der Waals surface area (Å²) in [6.45, 7) is 2.95. The summed E-state index contributed by atoms with van der Waals surface area (Å²) in [7, 11) is 0. The lowest BCUT2D eigenvalue weighted by atomic mass is 9.93. The Morgan fingerprint density at radius 3 is 2.81 bits per heavy atom. The molecule has 2 unspecified atom stereocenters. The number of amides is 1. The molecule has 6 heteroatoms. The first-order chi connectivity index (χ1) is 9.99. The van der Waals surface area contributed by atoms with E-state index in [0.717, 1.165) is 22.9 Å². The molecule has 21 heavy (non-hydrogen) atoms. The third kappa shape index (κ3) is 4.04. The van der Waals surface area contributed by atoms with Crippen molar-refractivity contribution in [2.45, 2.75) is 25.8 Å². The second kappa shape index (κ2) is 7.04. The topological polar surface area (TPSA) is 75.6 Å². The number of ether oxygens (including phenoxy) is 1. The average Bonchev–Trinajstić information content (AvgIpc) is 2.48. The van der Waals surface area contributed by atoms with Gasteiger partial charge in [-0.25, -0.2) is 4.79 Å². The summed E-state index contributed by atoms with van der Waals surface area (Å²) in [5, 5.41) is 12.0. The van der Waals surface area contributed by atoms with Gasteiger partial charge in [-0.2, -0.15) is 0 Å². The first kappa shape index (κ1) is 16.0. The summed E-state index contributed by atoms with van der Waals surface area (Å²) in [5.41, 5.74) is 1.46. The van der Waals surface area contributed by atoms with Gasteiger partial charge in [0.2, 0.25) is 0 Å². The number of benzene rings is 1. The minimum absolute atomic E-state index is 0.186. The molecule has 1 aliphatic heterocycles. The lowest BCUT2D eigenvalue weighted by Gasteiger charge is -2.28. The third-order valence-electron chi connectivity index (χ3n) is 3.65. The number of aliphatic carboxylic acids is 1. The highest BCUT2D eigenvalue weighted by Gasteiger charge is 2.31. The van der Waals surface area contributed by atoms with E-state index in [2.05, 4.69) is 21.2 Å². The van der Waals surface area contributed by atoms with Gasteiger partial charge in [0.1, 0.15) is 6.04 Å². The molecule has 2 rings (SSSR count). The van der Waals surface area contributed by atoms with Crippen LogP contribution in [-0.2, 0) is 9.53 Å². The molecule has 1 amide bonds. The lowest BCUT2D eigenvalue weighted by Crippen LogP contribution is -2.48. The zero-order chi connectivity index (χ0) is 15.4. The van der Waals surface area contributed by atoms with Gasteiger partial charge >= 0.3 is 5.97 Å². The van der Waals surface area contributed by atoms with Crippen LogP contribution in [0.5, 0.6) is 0 Å². The smallest absolute Gasteiger partial charge is 0.326 e. The summed E-state index contributed by atoms with van der Waals surface area (Å²) in [6, 6.07) is 4.28. The number of aryl methyl sites for hydroxylation is 1. The SMILES string of the molecule is Cc1ccc(C(=O)NC(C(=O)O)C2CCCOC2)cc1Br. The van der Waals surface area contributed by atoms with Crippen molar-refractivity contribution in [2.75, 3.05) is 13.2 Å². The van der Waals surface area contributed by atoms with Crippen LogP contribution in [0.15, 0.2) is 22.7 Å².